The van der Waals surface area contributed by atoms with Gasteiger partial charge in [-0.05, 0) is 34.7 Å². The molecule has 2 nitrogen and oxygen atoms in total. The van der Waals surface area contributed by atoms with Crippen LogP contribution in [0.2, 0.25) is 0 Å². The average molecular weight is 263 g/mol. The number of aliphatic imine (C=N–C) groups is 1. The maximum atomic E-state index is 12.9. The van der Waals surface area contributed by atoms with E-state index in [2.05, 4.69) is 4.99 Å². The third-order valence-corrected chi connectivity index (χ3v) is 1.93. The number of nitrogens with zero attached hydrogens (tertiary/aromatic N) is 1. The Labute approximate surface area is 76.3 Å². The molecule has 0 unspecified atom stereocenters. The van der Waals surface area contributed by atoms with E-state index < -0.39 is 5.82 Å². The molecule has 0 amide bonds. The quantitative estimate of drug-likeness (QED) is 0.434. The van der Waals surface area contributed by atoms with E-state index >= 15 is 0 Å². The summed E-state index contributed by atoms with van der Waals surface area (Å²) in [6, 6.07) is 4.64. The second-order valence-electron chi connectivity index (χ2n) is 1.78. The van der Waals surface area contributed by atoms with E-state index in [4.69, 9.17) is 0 Å². The Morgan fingerprint density at radius 2 is 2.27 bits per heavy atom. The number of benzene rings is 1. The predicted octanol–water partition coefficient (Wildman–Crippen LogP) is 2.40. The summed E-state index contributed by atoms with van der Waals surface area (Å²) in [6.45, 7) is 0. The third-order valence-electron chi connectivity index (χ3n) is 1.10. The summed E-state index contributed by atoms with van der Waals surface area (Å²) in [7, 11) is 0. The second kappa shape index (κ2) is 3.59. The molecule has 0 aromatic heterocycles. The summed E-state index contributed by atoms with van der Waals surface area (Å²) in [4.78, 5) is 13.0. The molecule has 11 heavy (non-hydrogen) atoms. The van der Waals surface area contributed by atoms with Crippen molar-refractivity contribution < 1.29 is 9.18 Å². The lowest BCUT2D eigenvalue weighted by Crippen LogP contribution is -1.80. The number of carbonyl (C=O) groups excluding carboxylic acids is 1. The fourth-order valence-electron chi connectivity index (χ4n) is 0.628. The Morgan fingerprint density at radius 1 is 1.55 bits per heavy atom. The van der Waals surface area contributed by atoms with Crippen molar-refractivity contribution in [3.63, 3.8) is 0 Å². The fourth-order valence-corrected chi connectivity index (χ4v) is 1.11. The van der Waals surface area contributed by atoms with E-state index in [0.717, 1.165) is 0 Å². The van der Waals surface area contributed by atoms with Crippen molar-refractivity contribution in [3.8, 4) is 0 Å². The highest BCUT2D eigenvalue weighted by Gasteiger charge is 2.02. The molecule has 0 aliphatic rings. The molecule has 1 aromatic carbocycles. The zero-order valence-electron chi connectivity index (χ0n) is 5.34. The zero-order chi connectivity index (χ0) is 8.27. The molecule has 0 radical (unpaired) electrons. The van der Waals surface area contributed by atoms with Gasteiger partial charge in [0.05, 0.1) is 3.57 Å². The van der Waals surface area contributed by atoms with E-state index in [0.29, 0.717) is 3.57 Å². The average Bonchev–Trinajstić information content (AvgIpc) is 1.99. The van der Waals surface area contributed by atoms with Gasteiger partial charge in [-0.2, -0.15) is 4.99 Å². The van der Waals surface area contributed by atoms with Crippen LogP contribution in [-0.4, -0.2) is 6.08 Å². The van der Waals surface area contributed by atoms with Gasteiger partial charge in [0.25, 0.3) is 0 Å². The van der Waals surface area contributed by atoms with Gasteiger partial charge in [0, 0.05) is 0 Å². The first-order chi connectivity index (χ1) is 5.25. The molecule has 0 aliphatic carbocycles. The maximum Gasteiger partial charge on any atom is 0.240 e. The van der Waals surface area contributed by atoms with Crippen LogP contribution < -0.4 is 0 Å². The van der Waals surface area contributed by atoms with Gasteiger partial charge in [-0.15, -0.1) is 0 Å². The van der Waals surface area contributed by atoms with Gasteiger partial charge >= 0.3 is 0 Å². The molecular formula is C7H3FINO. The monoisotopic (exact) mass is 263 g/mol. The van der Waals surface area contributed by atoms with Crippen LogP contribution in [0.3, 0.4) is 0 Å². The van der Waals surface area contributed by atoms with E-state index in [9.17, 15) is 9.18 Å². The van der Waals surface area contributed by atoms with Gasteiger partial charge in [-0.25, -0.2) is 9.18 Å². The number of rotatable bonds is 1. The summed E-state index contributed by atoms with van der Waals surface area (Å²) in [6.07, 6.45) is 1.28. The minimum atomic E-state index is -0.476. The van der Waals surface area contributed by atoms with Crippen LogP contribution in [0.4, 0.5) is 10.1 Å². The molecular weight excluding hydrogens is 260 g/mol. The minimum Gasteiger partial charge on any atom is -0.211 e. The number of hydrogen-bond donors (Lipinski definition) is 0. The van der Waals surface area contributed by atoms with Crippen molar-refractivity contribution in [1.82, 2.24) is 0 Å². The molecule has 0 heterocycles. The maximum absolute atomic E-state index is 12.9. The Kier molecular flexibility index (Phi) is 2.73. The lowest BCUT2D eigenvalue weighted by atomic mass is 10.3. The fraction of sp³-hybridized carbons (Fsp3) is 0. The third kappa shape index (κ3) is 1.85. The normalized spacial score (nSPS) is 8.91. The molecule has 0 saturated heterocycles. The standard InChI is InChI=1S/C7H3FINO/c8-7-5(9)2-1-3-6(7)10-4-11/h1-3H. The lowest BCUT2D eigenvalue weighted by molar-refractivity contribution is 0.564. The largest absolute Gasteiger partial charge is 0.240 e. The highest BCUT2D eigenvalue weighted by atomic mass is 127. The molecule has 1 rings (SSSR count). The van der Waals surface area contributed by atoms with Crippen molar-refractivity contribution in [1.29, 1.82) is 0 Å². The molecule has 56 valence electrons. The topological polar surface area (TPSA) is 29.4 Å². The van der Waals surface area contributed by atoms with Crippen molar-refractivity contribution >= 4 is 34.4 Å². The van der Waals surface area contributed by atoms with E-state index in [1.165, 1.54) is 12.1 Å². The summed E-state index contributed by atoms with van der Waals surface area (Å²) >= 11 is 1.82. The van der Waals surface area contributed by atoms with Gasteiger partial charge in [0.1, 0.15) is 5.69 Å². The zero-order valence-corrected chi connectivity index (χ0v) is 7.50. The number of hydrogen-bond acceptors (Lipinski definition) is 2. The van der Waals surface area contributed by atoms with Crippen LogP contribution >= 0.6 is 22.6 Å². The van der Waals surface area contributed by atoms with E-state index in [1.54, 1.807) is 12.1 Å². The van der Waals surface area contributed by atoms with Crippen molar-refractivity contribution in [2.45, 2.75) is 0 Å². The predicted molar refractivity (Wildman–Crippen MR) is 46.9 cm³/mol. The highest BCUT2D eigenvalue weighted by Crippen LogP contribution is 2.21. The first-order valence-electron chi connectivity index (χ1n) is 2.77. The molecule has 0 N–H and O–H groups in total. The number of halogens is 2. The molecule has 0 atom stereocenters. The Balaban J connectivity index is 3.26. The van der Waals surface area contributed by atoms with Crippen LogP contribution in [-0.2, 0) is 4.79 Å². The molecule has 0 spiro atoms. The number of isocyanates is 1. The molecule has 1 aromatic rings. The van der Waals surface area contributed by atoms with Crippen LogP contribution in [0.25, 0.3) is 0 Å². The van der Waals surface area contributed by atoms with E-state index in [-0.39, 0.29) is 5.69 Å². The van der Waals surface area contributed by atoms with Gasteiger partial charge < -0.3 is 0 Å². The molecule has 4 heteroatoms. The van der Waals surface area contributed by atoms with Gasteiger partial charge in [0.2, 0.25) is 6.08 Å². The second-order valence-corrected chi connectivity index (χ2v) is 2.94. The molecule has 0 bridgehead atoms. The van der Waals surface area contributed by atoms with Crippen molar-refractivity contribution in [2.24, 2.45) is 4.99 Å². The van der Waals surface area contributed by atoms with Crippen LogP contribution in [0.15, 0.2) is 23.2 Å². The molecule has 0 saturated carbocycles. The van der Waals surface area contributed by atoms with Crippen molar-refractivity contribution in [3.05, 3.63) is 27.6 Å². The smallest absolute Gasteiger partial charge is 0.211 e. The van der Waals surface area contributed by atoms with Gasteiger partial charge in [0.15, 0.2) is 5.82 Å². The van der Waals surface area contributed by atoms with Gasteiger partial charge in [-0.1, -0.05) is 6.07 Å². The molecule has 0 fully saturated rings. The SMILES string of the molecule is O=C=Nc1cccc(I)c1F. The molecule has 0 aliphatic heterocycles. The van der Waals surface area contributed by atoms with Crippen molar-refractivity contribution in [2.75, 3.05) is 0 Å². The Bertz CT molecular complexity index is 320. The van der Waals surface area contributed by atoms with E-state index in [1.807, 2.05) is 22.6 Å². The summed E-state index contributed by atoms with van der Waals surface area (Å²) < 4.78 is 13.4. The Hall–Kier alpha value is -0.740. The lowest BCUT2D eigenvalue weighted by Gasteiger charge is -1.94. The van der Waals surface area contributed by atoms with Crippen LogP contribution in [0.5, 0.6) is 0 Å². The highest BCUT2D eigenvalue weighted by molar-refractivity contribution is 14.1. The van der Waals surface area contributed by atoms with Crippen LogP contribution in [0.1, 0.15) is 0 Å². The van der Waals surface area contributed by atoms with Gasteiger partial charge in [-0.3, -0.25) is 0 Å². The first-order valence-corrected chi connectivity index (χ1v) is 3.85. The summed E-state index contributed by atoms with van der Waals surface area (Å²) in [5, 5.41) is 0. The minimum absolute atomic E-state index is 0.0342. The van der Waals surface area contributed by atoms with Crippen LogP contribution in [0, 0.1) is 9.39 Å². The Morgan fingerprint density at radius 3 is 2.91 bits per heavy atom. The summed E-state index contributed by atoms with van der Waals surface area (Å²) in [5.74, 6) is -0.476. The summed E-state index contributed by atoms with van der Waals surface area (Å²) in [5.41, 5.74) is 0.0342. The first kappa shape index (κ1) is 8.36.